The number of ether oxygens (including phenoxy) is 1. The van der Waals surface area contributed by atoms with Crippen LogP contribution in [0.1, 0.15) is 39.8 Å². The third kappa shape index (κ3) is 3.60. The van der Waals surface area contributed by atoms with Crippen molar-refractivity contribution in [1.82, 2.24) is 9.29 Å². The van der Waals surface area contributed by atoms with Crippen molar-refractivity contribution < 1.29 is 23.1 Å². The van der Waals surface area contributed by atoms with Crippen LogP contribution in [0, 0.1) is 6.92 Å². The largest absolute Gasteiger partial charge is 0.495 e. The first-order valence-corrected chi connectivity index (χ1v) is 10.5. The molecule has 1 atom stereocenters. The minimum Gasteiger partial charge on any atom is -0.495 e. The molecule has 9 heteroatoms. The maximum Gasteiger partial charge on any atom is 0.335 e. The van der Waals surface area contributed by atoms with Crippen molar-refractivity contribution in [1.29, 1.82) is 0 Å². The summed E-state index contributed by atoms with van der Waals surface area (Å²) < 4.78 is 32.9. The van der Waals surface area contributed by atoms with Crippen LogP contribution in [0.5, 0.6) is 5.75 Å². The predicted octanol–water partition coefficient (Wildman–Crippen LogP) is 2.73. The van der Waals surface area contributed by atoms with Crippen molar-refractivity contribution >= 4 is 27.3 Å². The summed E-state index contributed by atoms with van der Waals surface area (Å²) in [6.07, 6.45) is 1.61. The number of carbonyl (C=O) groups is 1. The summed E-state index contributed by atoms with van der Waals surface area (Å²) in [5, 5.41) is 12.1. The van der Waals surface area contributed by atoms with Crippen molar-refractivity contribution in [3.63, 3.8) is 0 Å². The highest BCUT2D eigenvalue weighted by atomic mass is 32.2. The number of carboxylic acids is 1. The van der Waals surface area contributed by atoms with E-state index in [1.807, 2.05) is 12.3 Å². The van der Waals surface area contributed by atoms with Gasteiger partial charge < -0.3 is 9.84 Å². The number of aromatic nitrogens is 1. The Morgan fingerprint density at radius 3 is 2.81 bits per heavy atom. The molecule has 7 nitrogen and oxygen atoms in total. The molecule has 1 unspecified atom stereocenters. The van der Waals surface area contributed by atoms with E-state index >= 15 is 0 Å². The molecule has 0 saturated carbocycles. The van der Waals surface area contributed by atoms with Gasteiger partial charge >= 0.3 is 5.97 Å². The first kappa shape index (κ1) is 18.8. The van der Waals surface area contributed by atoms with Gasteiger partial charge in [-0.3, -0.25) is 0 Å². The number of hydrogen-bond acceptors (Lipinski definition) is 6. The molecule has 140 valence electrons. The van der Waals surface area contributed by atoms with Crippen LogP contribution in [-0.4, -0.2) is 49.0 Å². The Hall–Kier alpha value is -1.97. The Morgan fingerprint density at radius 1 is 1.42 bits per heavy atom. The molecule has 1 aliphatic rings. The fourth-order valence-corrected chi connectivity index (χ4v) is 5.70. The molecule has 1 aromatic heterocycles. The number of nitrogens with zero attached hydrogens (tertiary/aromatic N) is 2. The maximum absolute atomic E-state index is 13.2. The molecule has 0 radical (unpaired) electrons. The number of carboxylic acid groups (broad SMARTS) is 1. The Balaban J connectivity index is 1.94. The van der Waals surface area contributed by atoms with Crippen LogP contribution in [-0.2, 0) is 10.0 Å². The number of thiazole rings is 1. The molecule has 0 bridgehead atoms. The van der Waals surface area contributed by atoms with E-state index in [1.165, 1.54) is 23.5 Å². The van der Waals surface area contributed by atoms with Gasteiger partial charge in [0.25, 0.3) is 0 Å². The number of sulfonamides is 1. The highest BCUT2D eigenvalue weighted by Gasteiger charge is 2.34. The van der Waals surface area contributed by atoms with E-state index in [-0.39, 0.29) is 22.1 Å². The molecule has 2 heterocycles. The number of methoxy groups -OCH3 is 1. The minimum atomic E-state index is -3.87. The summed E-state index contributed by atoms with van der Waals surface area (Å²) in [6.45, 7) is 2.64. The Morgan fingerprint density at radius 2 is 2.19 bits per heavy atom. The fraction of sp³-hybridized carbons (Fsp3) is 0.412. The zero-order chi connectivity index (χ0) is 18.9. The van der Waals surface area contributed by atoms with Crippen LogP contribution in [0.15, 0.2) is 28.5 Å². The van der Waals surface area contributed by atoms with Gasteiger partial charge in [-0.05, 0) is 38.0 Å². The lowest BCUT2D eigenvalue weighted by Crippen LogP contribution is -2.39. The highest BCUT2D eigenvalue weighted by molar-refractivity contribution is 7.89. The smallest absolute Gasteiger partial charge is 0.335 e. The van der Waals surface area contributed by atoms with E-state index < -0.39 is 16.0 Å². The van der Waals surface area contributed by atoms with Crippen molar-refractivity contribution in [2.24, 2.45) is 0 Å². The second-order valence-electron chi connectivity index (χ2n) is 6.20. The minimum absolute atomic E-state index is 0.0471. The molecule has 2 aromatic rings. The number of aryl methyl sites for hydroxylation is 1. The third-order valence-corrected chi connectivity index (χ3v) is 7.41. The number of hydrogen-bond donors (Lipinski definition) is 1. The van der Waals surface area contributed by atoms with E-state index in [1.54, 1.807) is 11.3 Å². The maximum atomic E-state index is 13.2. The van der Waals surface area contributed by atoms with Crippen molar-refractivity contribution in [3.05, 3.63) is 39.8 Å². The summed E-state index contributed by atoms with van der Waals surface area (Å²) in [7, 11) is -2.51. The molecule has 0 aliphatic carbocycles. The van der Waals surface area contributed by atoms with Gasteiger partial charge in [0.2, 0.25) is 10.0 Å². The first-order chi connectivity index (χ1) is 12.3. The fourth-order valence-electron chi connectivity index (χ4n) is 3.07. The van der Waals surface area contributed by atoms with E-state index in [0.29, 0.717) is 13.1 Å². The first-order valence-electron chi connectivity index (χ1n) is 8.16. The zero-order valence-corrected chi connectivity index (χ0v) is 16.1. The zero-order valence-electron chi connectivity index (χ0n) is 14.5. The third-order valence-electron chi connectivity index (χ3n) is 4.40. The highest BCUT2D eigenvalue weighted by Crippen LogP contribution is 2.34. The molecule has 1 saturated heterocycles. The lowest BCUT2D eigenvalue weighted by Gasteiger charge is -2.31. The van der Waals surface area contributed by atoms with E-state index in [2.05, 4.69) is 4.98 Å². The summed E-state index contributed by atoms with van der Waals surface area (Å²) >= 11 is 1.54. The van der Waals surface area contributed by atoms with Crippen LogP contribution >= 0.6 is 11.3 Å². The average Bonchev–Trinajstić information content (AvgIpc) is 3.07. The standard InChI is InChI=1S/C17H20N2O5S2/c1-11-10-25-16(18-11)13-4-3-7-19(9-13)26(22,23)15-8-12(17(20)21)5-6-14(15)24-2/h5-6,8,10,13H,3-4,7,9H2,1-2H3,(H,20,21). The second kappa shape index (κ2) is 7.34. The number of rotatable bonds is 5. The van der Waals surface area contributed by atoms with E-state index in [4.69, 9.17) is 4.74 Å². The molecule has 26 heavy (non-hydrogen) atoms. The van der Waals surface area contributed by atoms with Gasteiger partial charge in [-0.1, -0.05) is 0 Å². The molecule has 0 amide bonds. The average molecular weight is 396 g/mol. The summed E-state index contributed by atoms with van der Waals surface area (Å²) in [4.78, 5) is 15.6. The monoisotopic (exact) mass is 396 g/mol. The Bertz CT molecular complexity index is 923. The second-order valence-corrected chi connectivity index (χ2v) is 9.00. The van der Waals surface area contributed by atoms with Gasteiger partial charge in [-0.25, -0.2) is 18.2 Å². The number of benzene rings is 1. The summed E-state index contributed by atoms with van der Waals surface area (Å²) in [5.74, 6) is -0.994. The van der Waals surface area contributed by atoms with Crippen LogP contribution in [0.4, 0.5) is 0 Å². The van der Waals surface area contributed by atoms with Crippen molar-refractivity contribution in [3.8, 4) is 5.75 Å². The lowest BCUT2D eigenvalue weighted by molar-refractivity contribution is 0.0696. The molecule has 1 aromatic carbocycles. The summed E-state index contributed by atoms with van der Waals surface area (Å²) in [5.41, 5.74) is 0.842. The van der Waals surface area contributed by atoms with Gasteiger partial charge in [-0.2, -0.15) is 4.31 Å². The van der Waals surface area contributed by atoms with Gasteiger partial charge in [0.15, 0.2) is 0 Å². The molecule has 1 N–H and O–H groups in total. The molecular formula is C17H20N2O5S2. The number of aromatic carboxylic acids is 1. The molecule has 1 fully saturated rings. The molecule has 0 spiro atoms. The van der Waals surface area contributed by atoms with Gasteiger partial charge in [0.1, 0.15) is 10.6 Å². The van der Waals surface area contributed by atoms with E-state index in [0.717, 1.165) is 29.6 Å². The van der Waals surface area contributed by atoms with Gasteiger partial charge in [0.05, 0.1) is 17.7 Å². The van der Waals surface area contributed by atoms with Crippen LogP contribution < -0.4 is 4.74 Å². The van der Waals surface area contributed by atoms with Crippen LogP contribution in [0.3, 0.4) is 0 Å². The quantitative estimate of drug-likeness (QED) is 0.835. The Labute approximate surface area is 156 Å². The van der Waals surface area contributed by atoms with Crippen LogP contribution in [0.2, 0.25) is 0 Å². The molecule has 3 rings (SSSR count). The van der Waals surface area contributed by atoms with Crippen molar-refractivity contribution in [2.45, 2.75) is 30.6 Å². The molecule has 1 aliphatic heterocycles. The SMILES string of the molecule is COc1ccc(C(=O)O)cc1S(=O)(=O)N1CCCC(c2nc(C)cs2)C1. The normalized spacial score (nSPS) is 18.6. The van der Waals surface area contributed by atoms with E-state index in [9.17, 15) is 18.3 Å². The molecular weight excluding hydrogens is 376 g/mol. The van der Waals surface area contributed by atoms with Gasteiger partial charge in [0, 0.05) is 30.1 Å². The van der Waals surface area contributed by atoms with Crippen molar-refractivity contribution in [2.75, 3.05) is 20.2 Å². The summed E-state index contributed by atoms with van der Waals surface area (Å²) in [6, 6.07) is 3.87. The predicted molar refractivity (Wildman–Crippen MR) is 97.5 cm³/mol. The number of piperidine rings is 1. The van der Waals surface area contributed by atoms with Gasteiger partial charge in [-0.15, -0.1) is 11.3 Å². The van der Waals surface area contributed by atoms with Crippen LogP contribution in [0.25, 0.3) is 0 Å². The topological polar surface area (TPSA) is 96.8 Å². The Kier molecular flexibility index (Phi) is 5.31. The lowest BCUT2D eigenvalue weighted by atomic mass is 10.0.